The lowest BCUT2D eigenvalue weighted by Crippen LogP contribution is -2.40. The molecule has 1 N–H and O–H groups in total. The van der Waals surface area contributed by atoms with Gasteiger partial charge in [-0.15, -0.1) is 0 Å². The Labute approximate surface area is 121 Å². The van der Waals surface area contributed by atoms with E-state index in [4.69, 9.17) is 9.47 Å². The molecule has 2 heterocycles. The molecule has 0 saturated carbocycles. The molecule has 1 unspecified atom stereocenters. The summed E-state index contributed by atoms with van der Waals surface area (Å²) in [7, 11) is 3.39. The van der Waals surface area contributed by atoms with Gasteiger partial charge in [-0.3, -0.25) is 0 Å². The molecule has 1 aromatic heterocycles. The molecule has 5 nitrogen and oxygen atoms in total. The second-order valence-corrected chi connectivity index (χ2v) is 5.21. The predicted octanol–water partition coefficient (Wildman–Crippen LogP) is 1.54. The average molecular weight is 279 g/mol. The molecule has 1 aromatic rings. The number of ether oxygens (including phenoxy) is 2. The lowest BCUT2D eigenvalue weighted by Gasteiger charge is -2.34. The first-order valence-electron chi connectivity index (χ1n) is 7.28. The fourth-order valence-corrected chi connectivity index (χ4v) is 2.65. The van der Waals surface area contributed by atoms with Crippen LogP contribution in [-0.2, 0) is 4.74 Å². The number of piperidine rings is 1. The van der Waals surface area contributed by atoms with Crippen LogP contribution in [0.2, 0.25) is 0 Å². The van der Waals surface area contributed by atoms with E-state index in [0.717, 1.165) is 32.8 Å². The van der Waals surface area contributed by atoms with Crippen LogP contribution in [0.1, 0.15) is 12.8 Å². The maximum Gasteiger partial charge on any atom is 0.214 e. The maximum absolute atomic E-state index is 5.20. The summed E-state index contributed by atoms with van der Waals surface area (Å²) < 4.78 is 10.3. The third-order valence-electron chi connectivity index (χ3n) is 3.73. The molecule has 2 rings (SSSR count). The van der Waals surface area contributed by atoms with Gasteiger partial charge in [-0.25, -0.2) is 4.98 Å². The Bertz CT molecular complexity index is 400. The first kappa shape index (κ1) is 15.1. The Morgan fingerprint density at radius 2 is 2.35 bits per heavy atom. The standard InChI is InChI=1S/C15H25N3O2/c1-19-9-7-16-11-13-4-3-8-18(12-13)14-5-6-17-15(10-14)20-2/h5-6,10,13,16H,3-4,7-9,11-12H2,1-2H3. The van der Waals surface area contributed by atoms with Crippen LogP contribution >= 0.6 is 0 Å². The number of pyridine rings is 1. The van der Waals surface area contributed by atoms with Crippen molar-refractivity contribution < 1.29 is 9.47 Å². The molecule has 0 bridgehead atoms. The highest BCUT2D eigenvalue weighted by Crippen LogP contribution is 2.24. The smallest absolute Gasteiger partial charge is 0.214 e. The Balaban J connectivity index is 1.86. The van der Waals surface area contributed by atoms with E-state index in [9.17, 15) is 0 Å². The van der Waals surface area contributed by atoms with Crippen molar-refractivity contribution in [3.8, 4) is 5.88 Å². The van der Waals surface area contributed by atoms with Gasteiger partial charge in [0.2, 0.25) is 5.88 Å². The molecule has 1 aliphatic heterocycles. The highest BCUT2D eigenvalue weighted by molar-refractivity contribution is 5.48. The summed E-state index contributed by atoms with van der Waals surface area (Å²) in [6.45, 7) is 4.96. The lowest BCUT2D eigenvalue weighted by molar-refractivity contribution is 0.197. The molecular weight excluding hydrogens is 254 g/mol. The molecule has 5 heteroatoms. The van der Waals surface area contributed by atoms with E-state index in [1.807, 2.05) is 12.3 Å². The van der Waals surface area contributed by atoms with Gasteiger partial charge in [0.05, 0.1) is 13.7 Å². The summed E-state index contributed by atoms with van der Waals surface area (Å²) in [6, 6.07) is 4.07. The molecule has 1 atom stereocenters. The van der Waals surface area contributed by atoms with Crippen molar-refractivity contribution in [2.45, 2.75) is 12.8 Å². The lowest BCUT2D eigenvalue weighted by atomic mass is 9.97. The van der Waals surface area contributed by atoms with Crippen LogP contribution in [0.15, 0.2) is 18.3 Å². The summed E-state index contributed by atoms with van der Waals surface area (Å²) in [4.78, 5) is 6.59. The largest absolute Gasteiger partial charge is 0.481 e. The van der Waals surface area contributed by atoms with E-state index in [2.05, 4.69) is 21.3 Å². The molecule has 0 amide bonds. The quantitative estimate of drug-likeness (QED) is 0.767. The monoisotopic (exact) mass is 279 g/mol. The fourth-order valence-electron chi connectivity index (χ4n) is 2.65. The van der Waals surface area contributed by atoms with E-state index >= 15 is 0 Å². The number of methoxy groups -OCH3 is 2. The highest BCUT2D eigenvalue weighted by atomic mass is 16.5. The number of anilines is 1. The number of nitrogens with one attached hydrogen (secondary N) is 1. The first-order chi connectivity index (χ1) is 9.83. The average Bonchev–Trinajstić information content (AvgIpc) is 2.52. The molecule has 20 heavy (non-hydrogen) atoms. The normalized spacial score (nSPS) is 19.1. The zero-order valence-electron chi connectivity index (χ0n) is 12.5. The molecule has 1 fully saturated rings. The number of nitrogens with zero attached hydrogens (tertiary/aromatic N) is 2. The third-order valence-corrected chi connectivity index (χ3v) is 3.73. The van der Waals surface area contributed by atoms with Crippen LogP contribution in [0.4, 0.5) is 5.69 Å². The van der Waals surface area contributed by atoms with E-state index in [0.29, 0.717) is 11.8 Å². The number of hydrogen-bond acceptors (Lipinski definition) is 5. The number of rotatable bonds is 7. The molecule has 1 aliphatic rings. The van der Waals surface area contributed by atoms with Crippen molar-refractivity contribution in [2.24, 2.45) is 5.92 Å². The molecular formula is C15H25N3O2. The van der Waals surface area contributed by atoms with Crippen molar-refractivity contribution in [3.63, 3.8) is 0 Å². The van der Waals surface area contributed by atoms with Crippen molar-refractivity contribution in [1.82, 2.24) is 10.3 Å². The fraction of sp³-hybridized carbons (Fsp3) is 0.667. The Kier molecular flexibility index (Phi) is 6.08. The summed E-state index contributed by atoms with van der Waals surface area (Å²) in [5.41, 5.74) is 1.21. The van der Waals surface area contributed by atoms with Gasteiger partial charge in [-0.2, -0.15) is 0 Å². The minimum absolute atomic E-state index is 0.683. The van der Waals surface area contributed by atoms with Crippen molar-refractivity contribution in [2.75, 3.05) is 51.9 Å². The Hall–Kier alpha value is -1.33. The van der Waals surface area contributed by atoms with Crippen LogP contribution in [0.5, 0.6) is 5.88 Å². The van der Waals surface area contributed by atoms with Gasteiger partial charge in [0.15, 0.2) is 0 Å². The zero-order valence-corrected chi connectivity index (χ0v) is 12.5. The topological polar surface area (TPSA) is 46.6 Å². The van der Waals surface area contributed by atoms with Crippen LogP contribution in [0.3, 0.4) is 0 Å². The van der Waals surface area contributed by atoms with Crippen LogP contribution < -0.4 is 15.0 Å². The van der Waals surface area contributed by atoms with Gasteiger partial charge >= 0.3 is 0 Å². The van der Waals surface area contributed by atoms with Gasteiger partial charge in [0, 0.05) is 44.7 Å². The Morgan fingerprint density at radius 3 is 3.15 bits per heavy atom. The minimum Gasteiger partial charge on any atom is -0.481 e. The molecule has 112 valence electrons. The van der Waals surface area contributed by atoms with E-state index in [1.54, 1.807) is 14.2 Å². The van der Waals surface area contributed by atoms with Crippen molar-refractivity contribution in [1.29, 1.82) is 0 Å². The van der Waals surface area contributed by atoms with Crippen LogP contribution in [-0.4, -0.2) is 52.0 Å². The number of hydrogen-bond donors (Lipinski definition) is 1. The van der Waals surface area contributed by atoms with E-state index in [1.165, 1.54) is 18.5 Å². The minimum atomic E-state index is 0.683. The molecule has 0 radical (unpaired) electrons. The van der Waals surface area contributed by atoms with Gasteiger partial charge in [0.25, 0.3) is 0 Å². The van der Waals surface area contributed by atoms with Gasteiger partial charge < -0.3 is 19.7 Å². The highest BCUT2D eigenvalue weighted by Gasteiger charge is 2.20. The predicted molar refractivity (Wildman–Crippen MR) is 80.5 cm³/mol. The van der Waals surface area contributed by atoms with Crippen LogP contribution in [0.25, 0.3) is 0 Å². The van der Waals surface area contributed by atoms with E-state index in [-0.39, 0.29) is 0 Å². The Morgan fingerprint density at radius 1 is 1.45 bits per heavy atom. The van der Waals surface area contributed by atoms with Gasteiger partial charge in [-0.1, -0.05) is 0 Å². The maximum atomic E-state index is 5.20. The second-order valence-electron chi connectivity index (χ2n) is 5.21. The van der Waals surface area contributed by atoms with E-state index < -0.39 is 0 Å². The van der Waals surface area contributed by atoms with Crippen LogP contribution in [0, 0.1) is 5.92 Å². The molecule has 0 aromatic carbocycles. The molecule has 1 saturated heterocycles. The second kappa shape index (κ2) is 8.07. The van der Waals surface area contributed by atoms with Crippen molar-refractivity contribution >= 4 is 5.69 Å². The SMILES string of the molecule is COCCNCC1CCCN(c2ccnc(OC)c2)C1. The number of aromatic nitrogens is 1. The summed E-state index contributed by atoms with van der Waals surface area (Å²) >= 11 is 0. The third kappa shape index (κ3) is 4.35. The first-order valence-corrected chi connectivity index (χ1v) is 7.28. The zero-order chi connectivity index (χ0) is 14.2. The molecule has 0 spiro atoms. The summed E-state index contributed by atoms with van der Waals surface area (Å²) in [5, 5.41) is 3.46. The summed E-state index contributed by atoms with van der Waals surface area (Å²) in [6.07, 6.45) is 4.34. The molecule has 0 aliphatic carbocycles. The summed E-state index contributed by atoms with van der Waals surface area (Å²) in [5.74, 6) is 1.38. The van der Waals surface area contributed by atoms with Gasteiger partial charge in [0.1, 0.15) is 0 Å². The van der Waals surface area contributed by atoms with Crippen molar-refractivity contribution in [3.05, 3.63) is 18.3 Å². The van der Waals surface area contributed by atoms with Gasteiger partial charge in [-0.05, 0) is 31.4 Å².